The summed E-state index contributed by atoms with van der Waals surface area (Å²) in [6, 6.07) is 11.3. The number of aromatic amines is 1. The van der Waals surface area contributed by atoms with E-state index in [0.29, 0.717) is 23.1 Å². The van der Waals surface area contributed by atoms with Crippen LogP contribution in [0.2, 0.25) is 0 Å². The minimum Gasteiger partial charge on any atom is -0.426 e. The minimum absolute atomic E-state index is 0.138. The summed E-state index contributed by atoms with van der Waals surface area (Å²) in [5.41, 5.74) is 1.10. The van der Waals surface area contributed by atoms with Crippen LogP contribution in [0.4, 0.5) is 4.39 Å². The lowest BCUT2D eigenvalue weighted by Crippen LogP contribution is -2.11. The SMILES string of the molecule is O=COc1cc(Cc2n[nH]c(=O)c3ccccc23)ccc1F. The first kappa shape index (κ1) is 13.9. The third-order valence-electron chi connectivity index (χ3n) is 3.32. The molecule has 0 amide bonds. The van der Waals surface area contributed by atoms with Gasteiger partial charge < -0.3 is 4.74 Å². The Balaban J connectivity index is 2.04. The predicted molar refractivity (Wildman–Crippen MR) is 78.3 cm³/mol. The molecule has 0 aliphatic carbocycles. The molecule has 1 aromatic heterocycles. The number of halogens is 1. The van der Waals surface area contributed by atoms with E-state index < -0.39 is 5.82 Å². The predicted octanol–water partition coefficient (Wildman–Crippen LogP) is 2.19. The van der Waals surface area contributed by atoms with E-state index in [-0.39, 0.29) is 17.8 Å². The van der Waals surface area contributed by atoms with E-state index >= 15 is 0 Å². The molecule has 1 N–H and O–H groups in total. The van der Waals surface area contributed by atoms with E-state index in [1.54, 1.807) is 24.3 Å². The van der Waals surface area contributed by atoms with E-state index in [1.807, 2.05) is 6.07 Å². The van der Waals surface area contributed by atoms with Gasteiger partial charge in [-0.2, -0.15) is 5.10 Å². The van der Waals surface area contributed by atoms with Crippen molar-refractivity contribution in [3.63, 3.8) is 0 Å². The number of carbonyl (C=O) groups excluding carboxylic acids is 1. The van der Waals surface area contributed by atoms with Crippen LogP contribution in [0.15, 0.2) is 47.3 Å². The third-order valence-corrected chi connectivity index (χ3v) is 3.32. The smallest absolute Gasteiger partial charge is 0.298 e. The van der Waals surface area contributed by atoms with Gasteiger partial charge in [-0.25, -0.2) is 9.49 Å². The number of hydrogen-bond acceptors (Lipinski definition) is 4. The topological polar surface area (TPSA) is 72.0 Å². The van der Waals surface area contributed by atoms with Crippen molar-refractivity contribution in [3.8, 4) is 5.75 Å². The number of nitrogens with zero attached hydrogens (tertiary/aromatic N) is 1. The maximum atomic E-state index is 13.5. The second-order valence-corrected chi connectivity index (χ2v) is 4.70. The molecule has 0 radical (unpaired) electrons. The maximum Gasteiger partial charge on any atom is 0.298 e. The molecule has 22 heavy (non-hydrogen) atoms. The second kappa shape index (κ2) is 5.77. The summed E-state index contributed by atoms with van der Waals surface area (Å²) in [6.07, 6.45) is 0.368. The first-order valence-electron chi connectivity index (χ1n) is 6.54. The van der Waals surface area contributed by atoms with Crippen molar-refractivity contribution in [1.29, 1.82) is 0 Å². The number of rotatable bonds is 4. The van der Waals surface area contributed by atoms with Gasteiger partial charge in [0.25, 0.3) is 12.0 Å². The van der Waals surface area contributed by atoms with Gasteiger partial charge in [-0.15, -0.1) is 0 Å². The average molecular weight is 298 g/mol. The number of fused-ring (bicyclic) bond motifs is 1. The monoisotopic (exact) mass is 298 g/mol. The van der Waals surface area contributed by atoms with Crippen molar-refractivity contribution in [2.24, 2.45) is 0 Å². The van der Waals surface area contributed by atoms with E-state index in [2.05, 4.69) is 14.9 Å². The summed E-state index contributed by atoms with van der Waals surface area (Å²) in [5, 5.41) is 7.78. The average Bonchev–Trinajstić information content (AvgIpc) is 2.54. The van der Waals surface area contributed by atoms with E-state index in [0.717, 1.165) is 5.39 Å². The molecule has 1 heterocycles. The first-order chi connectivity index (χ1) is 10.7. The van der Waals surface area contributed by atoms with Crippen LogP contribution in [-0.4, -0.2) is 16.7 Å². The molecule has 0 bridgehead atoms. The van der Waals surface area contributed by atoms with Crippen LogP contribution < -0.4 is 10.3 Å². The van der Waals surface area contributed by atoms with E-state index in [4.69, 9.17) is 0 Å². The van der Waals surface area contributed by atoms with Gasteiger partial charge in [0.15, 0.2) is 11.6 Å². The molecule has 3 aromatic rings. The van der Waals surface area contributed by atoms with E-state index in [1.165, 1.54) is 12.1 Å². The molecule has 0 unspecified atom stereocenters. The second-order valence-electron chi connectivity index (χ2n) is 4.70. The zero-order valence-electron chi connectivity index (χ0n) is 11.4. The fourth-order valence-electron chi connectivity index (χ4n) is 2.30. The molecule has 0 aliphatic rings. The van der Waals surface area contributed by atoms with Crippen LogP contribution in [0.1, 0.15) is 11.3 Å². The molecule has 3 rings (SSSR count). The lowest BCUT2D eigenvalue weighted by atomic mass is 10.0. The molecule has 110 valence electrons. The molecule has 5 nitrogen and oxygen atoms in total. The molecule has 6 heteroatoms. The van der Waals surface area contributed by atoms with Crippen LogP contribution in [0, 0.1) is 5.82 Å². The summed E-state index contributed by atoms with van der Waals surface area (Å²) in [7, 11) is 0. The van der Waals surface area contributed by atoms with Crippen molar-refractivity contribution in [3.05, 3.63) is 69.9 Å². The van der Waals surface area contributed by atoms with Crippen molar-refractivity contribution >= 4 is 17.2 Å². The molecule has 0 spiro atoms. The number of hydrogen-bond donors (Lipinski definition) is 1. The van der Waals surface area contributed by atoms with Crippen LogP contribution in [0.25, 0.3) is 10.8 Å². The lowest BCUT2D eigenvalue weighted by Gasteiger charge is -2.07. The van der Waals surface area contributed by atoms with Crippen molar-refractivity contribution < 1.29 is 13.9 Å². The van der Waals surface area contributed by atoms with Crippen LogP contribution in [0.5, 0.6) is 5.75 Å². The summed E-state index contributed by atoms with van der Waals surface area (Å²) in [5.74, 6) is -0.753. The fourth-order valence-corrected chi connectivity index (χ4v) is 2.30. The summed E-state index contributed by atoms with van der Waals surface area (Å²) < 4.78 is 18.0. The van der Waals surface area contributed by atoms with Crippen LogP contribution >= 0.6 is 0 Å². The van der Waals surface area contributed by atoms with Gasteiger partial charge in [-0.1, -0.05) is 24.3 Å². The third kappa shape index (κ3) is 2.58. The number of carbonyl (C=O) groups is 1. The Bertz CT molecular complexity index is 905. The highest BCUT2D eigenvalue weighted by Crippen LogP contribution is 2.22. The van der Waals surface area contributed by atoms with Gasteiger partial charge in [0.2, 0.25) is 0 Å². The molecular formula is C16H11FN2O3. The maximum absolute atomic E-state index is 13.5. The Morgan fingerprint density at radius 3 is 2.73 bits per heavy atom. The van der Waals surface area contributed by atoms with Gasteiger partial charge in [0.1, 0.15) is 0 Å². The summed E-state index contributed by atoms with van der Waals surface area (Å²) in [6.45, 7) is 0.176. The van der Waals surface area contributed by atoms with Crippen LogP contribution in [-0.2, 0) is 11.2 Å². The number of aromatic nitrogens is 2. The van der Waals surface area contributed by atoms with Crippen molar-refractivity contribution in [2.45, 2.75) is 6.42 Å². The Labute approximate surface area is 124 Å². The molecule has 0 saturated heterocycles. The highest BCUT2D eigenvalue weighted by molar-refractivity contribution is 5.83. The highest BCUT2D eigenvalue weighted by Gasteiger charge is 2.09. The Hall–Kier alpha value is -3.02. The highest BCUT2D eigenvalue weighted by atomic mass is 19.1. The fraction of sp³-hybridized carbons (Fsp3) is 0.0625. The van der Waals surface area contributed by atoms with Crippen LogP contribution in [0.3, 0.4) is 0 Å². The molecular weight excluding hydrogens is 287 g/mol. The molecule has 0 fully saturated rings. The normalized spacial score (nSPS) is 10.6. The van der Waals surface area contributed by atoms with Gasteiger partial charge in [-0.05, 0) is 23.8 Å². The van der Waals surface area contributed by atoms with Gasteiger partial charge in [0.05, 0.1) is 11.1 Å². The Kier molecular flexibility index (Phi) is 3.65. The van der Waals surface area contributed by atoms with Crippen molar-refractivity contribution in [1.82, 2.24) is 10.2 Å². The number of benzene rings is 2. The molecule has 0 saturated carbocycles. The molecule has 0 atom stereocenters. The van der Waals surface area contributed by atoms with Gasteiger partial charge in [-0.3, -0.25) is 9.59 Å². The Morgan fingerprint density at radius 2 is 1.95 bits per heavy atom. The lowest BCUT2D eigenvalue weighted by molar-refractivity contribution is -0.120. The van der Waals surface area contributed by atoms with Gasteiger partial charge >= 0.3 is 0 Å². The number of ether oxygens (including phenoxy) is 1. The van der Waals surface area contributed by atoms with E-state index in [9.17, 15) is 14.0 Å². The molecule has 2 aromatic carbocycles. The number of H-pyrrole nitrogens is 1. The zero-order valence-corrected chi connectivity index (χ0v) is 11.4. The summed E-state index contributed by atoms with van der Waals surface area (Å²) in [4.78, 5) is 22.1. The minimum atomic E-state index is -0.616. The van der Waals surface area contributed by atoms with Crippen molar-refractivity contribution in [2.75, 3.05) is 0 Å². The standard InChI is InChI=1S/C16H11FN2O3/c17-13-6-5-10(8-15(13)22-9-20)7-14-11-3-1-2-4-12(11)16(21)19-18-14/h1-6,8-9H,7H2,(H,19,21). The first-order valence-corrected chi connectivity index (χ1v) is 6.54. The zero-order chi connectivity index (χ0) is 15.5. The molecule has 0 aliphatic heterocycles. The number of nitrogens with one attached hydrogen (secondary N) is 1. The largest absolute Gasteiger partial charge is 0.426 e. The van der Waals surface area contributed by atoms with Gasteiger partial charge in [0, 0.05) is 11.8 Å². The summed E-state index contributed by atoms with van der Waals surface area (Å²) >= 11 is 0. The quantitative estimate of drug-likeness (QED) is 0.749. The Morgan fingerprint density at radius 1 is 1.18 bits per heavy atom.